The van der Waals surface area contributed by atoms with E-state index in [9.17, 15) is 0 Å². The Morgan fingerprint density at radius 2 is 2.36 bits per heavy atom. The van der Waals surface area contributed by atoms with Gasteiger partial charge in [0.15, 0.2) is 5.11 Å². The second-order valence-electron chi connectivity index (χ2n) is 2.84. The van der Waals surface area contributed by atoms with Gasteiger partial charge in [-0.25, -0.2) is 4.98 Å². The fourth-order valence-corrected chi connectivity index (χ4v) is 1.32. The number of H-pyrrole nitrogens is 1. The van der Waals surface area contributed by atoms with Crippen molar-refractivity contribution in [2.45, 2.75) is 0 Å². The molecule has 0 bridgehead atoms. The van der Waals surface area contributed by atoms with Crippen LogP contribution in [0.5, 0.6) is 0 Å². The van der Waals surface area contributed by atoms with Crippen LogP contribution < -0.4 is 10.6 Å². The summed E-state index contributed by atoms with van der Waals surface area (Å²) in [5, 5.41) is 6.48. The zero-order chi connectivity index (χ0) is 9.97. The first-order valence-corrected chi connectivity index (χ1v) is 4.62. The maximum absolute atomic E-state index is 4.99. The number of anilines is 1. The number of imidazole rings is 1. The molecule has 5 heteroatoms. The Morgan fingerprint density at radius 1 is 1.50 bits per heavy atom. The van der Waals surface area contributed by atoms with E-state index in [1.54, 1.807) is 13.4 Å². The van der Waals surface area contributed by atoms with E-state index < -0.39 is 0 Å². The molecule has 14 heavy (non-hydrogen) atoms. The third kappa shape index (κ3) is 1.67. The lowest BCUT2D eigenvalue weighted by Crippen LogP contribution is -2.23. The molecule has 2 aromatic rings. The van der Waals surface area contributed by atoms with Crippen molar-refractivity contribution in [3.63, 3.8) is 0 Å². The Hall–Kier alpha value is -1.62. The van der Waals surface area contributed by atoms with E-state index in [4.69, 9.17) is 12.2 Å². The number of aromatic nitrogens is 2. The summed E-state index contributed by atoms with van der Waals surface area (Å²) in [5.74, 6) is 0. The van der Waals surface area contributed by atoms with Crippen molar-refractivity contribution in [1.29, 1.82) is 0 Å². The number of aromatic amines is 1. The molecule has 0 saturated carbocycles. The average Bonchev–Trinajstić information content (AvgIpc) is 2.64. The molecule has 0 aliphatic carbocycles. The van der Waals surface area contributed by atoms with Crippen LogP contribution in [0.25, 0.3) is 11.0 Å². The van der Waals surface area contributed by atoms with Crippen molar-refractivity contribution in [1.82, 2.24) is 15.3 Å². The Bertz CT molecular complexity index is 463. The standard InChI is InChI=1S/C9H10N4S/c1-10-9(14)13-6-2-3-7-8(4-6)12-5-11-7/h2-5H,1H3,(H,11,12)(H2,10,13,14). The van der Waals surface area contributed by atoms with Crippen LogP contribution in [0, 0.1) is 0 Å². The summed E-state index contributed by atoms with van der Waals surface area (Å²) in [7, 11) is 1.78. The van der Waals surface area contributed by atoms with Crippen LogP contribution in [0.4, 0.5) is 5.69 Å². The molecule has 0 aliphatic rings. The molecule has 0 aliphatic heterocycles. The molecule has 0 spiro atoms. The lowest BCUT2D eigenvalue weighted by atomic mass is 10.3. The maximum Gasteiger partial charge on any atom is 0.170 e. The van der Waals surface area contributed by atoms with Crippen molar-refractivity contribution in [3.8, 4) is 0 Å². The van der Waals surface area contributed by atoms with Gasteiger partial charge in [0.05, 0.1) is 17.4 Å². The summed E-state index contributed by atoms with van der Waals surface area (Å²) in [5.41, 5.74) is 2.88. The first kappa shape index (κ1) is 8.96. The van der Waals surface area contributed by atoms with Crippen LogP contribution in [0.15, 0.2) is 24.5 Å². The molecule has 4 nitrogen and oxygen atoms in total. The van der Waals surface area contributed by atoms with E-state index in [-0.39, 0.29) is 0 Å². The third-order valence-electron chi connectivity index (χ3n) is 1.91. The van der Waals surface area contributed by atoms with E-state index in [0.717, 1.165) is 16.7 Å². The molecular weight excluding hydrogens is 196 g/mol. The van der Waals surface area contributed by atoms with Gasteiger partial charge in [0.2, 0.25) is 0 Å². The molecule has 0 radical (unpaired) electrons. The highest BCUT2D eigenvalue weighted by Gasteiger charge is 1.98. The molecule has 0 fully saturated rings. The summed E-state index contributed by atoms with van der Waals surface area (Å²) in [6.45, 7) is 0. The smallest absolute Gasteiger partial charge is 0.170 e. The highest BCUT2D eigenvalue weighted by molar-refractivity contribution is 7.80. The minimum atomic E-state index is 0.597. The average molecular weight is 206 g/mol. The zero-order valence-electron chi connectivity index (χ0n) is 7.66. The van der Waals surface area contributed by atoms with Gasteiger partial charge < -0.3 is 15.6 Å². The fourth-order valence-electron chi connectivity index (χ4n) is 1.20. The zero-order valence-corrected chi connectivity index (χ0v) is 8.48. The number of rotatable bonds is 1. The van der Waals surface area contributed by atoms with Gasteiger partial charge in [-0.05, 0) is 30.4 Å². The molecule has 3 N–H and O–H groups in total. The van der Waals surface area contributed by atoms with Gasteiger partial charge in [-0.15, -0.1) is 0 Å². The number of fused-ring (bicyclic) bond motifs is 1. The van der Waals surface area contributed by atoms with E-state index in [1.165, 1.54) is 0 Å². The Kier molecular flexibility index (Phi) is 2.32. The first-order chi connectivity index (χ1) is 6.79. The lowest BCUT2D eigenvalue weighted by molar-refractivity contribution is 1.20. The molecule has 0 unspecified atom stereocenters. The summed E-state index contributed by atoms with van der Waals surface area (Å²) in [4.78, 5) is 7.18. The van der Waals surface area contributed by atoms with Gasteiger partial charge in [-0.3, -0.25) is 0 Å². The van der Waals surface area contributed by atoms with Crippen LogP contribution in [0.2, 0.25) is 0 Å². The lowest BCUT2D eigenvalue weighted by Gasteiger charge is -2.06. The van der Waals surface area contributed by atoms with E-state index in [2.05, 4.69) is 20.6 Å². The third-order valence-corrected chi connectivity index (χ3v) is 2.21. The predicted octanol–water partition coefficient (Wildman–Crippen LogP) is 1.48. The second kappa shape index (κ2) is 3.63. The van der Waals surface area contributed by atoms with Crippen molar-refractivity contribution in [3.05, 3.63) is 24.5 Å². The molecule has 1 aromatic heterocycles. The summed E-state index contributed by atoms with van der Waals surface area (Å²) in [6.07, 6.45) is 1.67. The fraction of sp³-hybridized carbons (Fsp3) is 0.111. The Balaban J connectivity index is 2.30. The Morgan fingerprint density at radius 3 is 3.14 bits per heavy atom. The number of benzene rings is 1. The number of nitrogens with zero attached hydrogens (tertiary/aromatic N) is 1. The minimum Gasteiger partial charge on any atom is -0.366 e. The molecular formula is C9H10N4S. The second-order valence-corrected chi connectivity index (χ2v) is 3.25. The monoisotopic (exact) mass is 206 g/mol. The molecule has 0 saturated heterocycles. The largest absolute Gasteiger partial charge is 0.366 e. The summed E-state index contributed by atoms with van der Waals surface area (Å²) in [6, 6.07) is 5.85. The first-order valence-electron chi connectivity index (χ1n) is 4.21. The summed E-state index contributed by atoms with van der Waals surface area (Å²) < 4.78 is 0. The van der Waals surface area contributed by atoms with E-state index >= 15 is 0 Å². The quantitative estimate of drug-likeness (QED) is 0.619. The molecule has 72 valence electrons. The molecule has 0 atom stereocenters. The minimum absolute atomic E-state index is 0.597. The van der Waals surface area contributed by atoms with Gasteiger partial charge in [-0.2, -0.15) is 0 Å². The SMILES string of the molecule is CNC(=S)Nc1ccc2[nH]cnc2c1. The van der Waals surface area contributed by atoms with Gasteiger partial charge in [0, 0.05) is 12.7 Å². The molecule has 2 rings (SSSR count). The van der Waals surface area contributed by atoms with Gasteiger partial charge in [-0.1, -0.05) is 0 Å². The van der Waals surface area contributed by atoms with E-state index in [0.29, 0.717) is 5.11 Å². The van der Waals surface area contributed by atoms with Gasteiger partial charge in [0.25, 0.3) is 0 Å². The van der Waals surface area contributed by atoms with Crippen LogP contribution in [-0.4, -0.2) is 22.1 Å². The molecule has 0 amide bonds. The van der Waals surface area contributed by atoms with Crippen molar-refractivity contribution in [2.24, 2.45) is 0 Å². The maximum atomic E-state index is 4.99. The highest BCUT2D eigenvalue weighted by Crippen LogP contribution is 2.15. The van der Waals surface area contributed by atoms with Crippen LogP contribution in [-0.2, 0) is 0 Å². The van der Waals surface area contributed by atoms with Gasteiger partial charge in [0.1, 0.15) is 0 Å². The topological polar surface area (TPSA) is 52.7 Å². The van der Waals surface area contributed by atoms with Crippen molar-refractivity contribution >= 4 is 34.1 Å². The number of hydrogen-bond acceptors (Lipinski definition) is 2. The normalized spacial score (nSPS) is 10.1. The van der Waals surface area contributed by atoms with Crippen LogP contribution >= 0.6 is 12.2 Å². The number of thiocarbonyl (C=S) groups is 1. The number of hydrogen-bond donors (Lipinski definition) is 3. The van der Waals surface area contributed by atoms with Crippen LogP contribution in [0.1, 0.15) is 0 Å². The van der Waals surface area contributed by atoms with Crippen LogP contribution in [0.3, 0.4) is 0 Å². The Labute approximate surface area is 86.7 Å². The van der Waals surface area contributed by atoms with Crippen molar-refractivity contribution in [2.75, 3.05) is 12.4 Å². The van der Waals surface area contributed by atoms with Gasteiger partial charge >= 0.3 is 0 Å². The molecule has 1 heterocycles. The number of nitrogens with one attached hydrogen (secondary N) is 3. The molecule has 1 aromatic carbocycles. The van der Waals surface area contributed by atoms with Crippen molar-refractivity contribution < 1.29 is 0 Å². The predicted molar refractivity (Wildman–Crippen MR) is 61.4 cm³/mol. The van der Waals surface area contributed by atoms with E-state index in [1.807, 2.05) is 18.2 Å². The summed E-state index contributed by atoms with van der Waals surface area (Å²) >= 11 is 4.99. The highest BCUT2D eigenvalue weighted by atomic mass is 32.1.